The first-order valence-electron chi connectivity index (χ1n) is 3.51. The SMILES string of the molecule is O=C([O-])C1CCCCC1.[Na+]. The molecule has 0 atom stereocenters. The molecule has 1 aliphatic carbocycles. The maximum Gasteiger partial charge on any atom is 1.00 e. The summed E-state index contributed by atoms with van der Waals surface area (Å²) in [6, 6.07) is 0. The molecule has 0 aromatic rings. The van der Waals surface area contributed by atoms with E-state index in [4.69, 9.17) is 0 Å². The molecule has 0 radical (unpaired) electrons. The molecule has 0 aromatic heterocycles. The van der Waals surface area contributed by atoms with Gasteiger partial charge in [0.05, 0.1) is 0 Å². The summed E-state index contributed by atoms with van der Waals surface area (Å²) in [5.74, 6) is -0.992. The van der Waals surface area contributed by atoms with Crippen LogP contribution in [0.4, 0.5) is 0 Å². The van der Waals surface area contributed by atoms with Gasteiger partial charge in [0.25, 0.3) is 0 Å². The maximum atomic E-state index is 10.2. The van der Waals surface area contributed by atoms with Gasteiger partial charge >= 0.3 is 29.6 Å². The fourth-order valence-corrected chi connectivity index (χ4v) is 1.34. The van der Waals surface area contributed by atoms with Crippen LogP contribution in [0, 0.1) is 5.92 Å². The van der Waals surface area contributed by atoms with E-state index in [1.54, 1.807) is 0 Å². The van der Waals surface area contributed by atoms with Gasteiger partial charge in [0.1, 0.15) is 0 Å². The summed E-state index contributed by atoms with van der Waals surface area (Å²) in [7, 11) is 0. The third-order valence-electron chi connectivity index (χ3n) is 1.94. The Hall–Kier alpha value is 0.470. The predicted octanol–water partition coefficient (Wildman–Crippen LogP) is -2.68. The number of hydrogen-bond acceptors (Lipinski definition) is 2. The van der Waals surface area contributed by atoms with Crippen LogP contribution < -0.4 is 34.7 Å². The van der Waals surface area contributed by atoms with E-state index in [9.17, 15) is 9.90 Å². The van der Waals surface area contributed by atoms with Crippen molar-refractivity contribution in [2.24, 2.45) is 5.92 Å². The van der Waals surface area contributed by atoms with E-state index in [0.29, 0.717) is 0 Å². The summed E-state index contributed by atoms with van der Waals surface area (Å²) in [4.78, 5) is 10.2. The molecule has 0 spiro atoms. The maximum absolute atomic E-state index is 10.2. The quantitative estimate of drug-likeness (QED) is 0.382. The molecule has 0 aromatic carbocycles. The van der Waals surface area contributed by atoms with Crippen molar-refractivity contribution < 1.29 is 39.5 Å². The number of carbonyl (C=O) groups excluding carboxylic acids is 1. The van der Waals surface area contributed by atoms with Crippen LogP contribution in [0.25, 0.3) is 0 Å². The second-order valence-electron chi connectivity index (χ2n) is 2.65. The summed E-state index contributed by atoms with van der Waals surface area (Å²) in [6.45, 7) is 0. The minimum Gasteiger partial charge on any atom is -0.550 e. The zero-order valence-corrected chi connectivity index (χ0v) is 8.43. The Morgan fingerprint density at radius 1 is 1.20 bits per heavy atom. The summed E-state index contributed by atoms with van der Waals surface area (Å²) >= 11 is 0. The van der Waals surface area contributed by atoms with Gasteiger partial charge in [-0.15, -0.1) is 0 Å². The normalized spacial score (nSPS) is 19.6. The largest absolute Gasteiger partial charge is 1.00 e. The molecular weight excluding hydrogens is 139 g/mol. The van der Waals surface area contributed by atoms with Crippen molar-refractivity contribution in [1.29, 1.82) is 0 Å². The molecule has 0 bridgehead atoms. The molecule has 52 valence electrons. The molecule has 3 heteroatoms. The zero-order chi connectivity index (χ0) is 6.69. The van der Waals surface area contributed by atoms with Crippen LogP contribution in [0.2, 0.25) is 0 Å². The van der Waals surface area contributed by atoms with Crippen molar-refractivity contribution in [2.45, 2.75) is 32.1 Å². The Balaban J connectivity index is 0.000000810. The van der Waals surface area contributed by atoms with Gasteiger partial charge in [-0.1, -0.05) is 19.3 Å². The van der Waals surface area contributed by atoms with Gasteiger partial charge in [0.2, 0.25) is 0 Å². The molecule has 0 unspecified atom stereocenters. The Kier molecular flexibility index (Phi) is 5.41. The van der Waals surface area contributed by atoms with Crippen molar-refractivity contribution in [2.75, 3.05) is 0 Å². The third-order valence-corrected chi connectivity index (χ3v) is 1.94. The van der Waals surface area contributed by atoms with Crippen LogP contribution in [0.5, 0.6) is 0 Å². The van der Waals surface area contributed by atoms with E-state index < -0.39 is 5.97 Å². The Morgan fingerprint density at radius 2 is 1.70 bits per heavy atom. The van der Waals surface area contributed by atoms with Crippen LogP contribution >= 0.6 is 0 Å². The number of hydrogen-bond donors (Lipinski definition) is 0. The molecule has 1 aliphatic rings. The fourth-order valence-electron chi connectivity index (χ4n) is 1.34. The van der Waals surface area contributed by atoms with Crippen LogP contribution in [-0.4, -0.2) is 5.97 Å². The number of carboxylic acid groups (broad SMARTS) is 1. The Morgan fingerprint density at radius 3 is 2.00 bits per heavy atom. The number of rotatable bonds is 1. The van der Waals surface area contributed by atoms with Crippen LogP contribution in [0.1, 0.15) is 32.1 Å². The van der Waals surface area contributed by atoms with Gasteiger partial charge < -0.3 is 9.90 Å². The number of aliphatic carboxylic acids is 1. The monoisotopic (exact) mass is 150 g/mol. The van der Waals surface area contributed by atoms with Gasteiger partial charge in [-0.2, -0.15) is 0 Å². The Bertz CT molecular complexity index is 108. The van der Waals surface area contributed by atoms with E-state index >= 15 is 0 Å². The second kappa shape index (κ2) is 5.16. The van der Waals surface area contributed by atoms with Crippen molar-refractivity contribution in [1.82, 2.24) is 0 Å². The smallest absolute Gasteiger partial charge is 0.550 e. The molecule has 10 heavy (non-hydrogen) atoms. The van der Waals surface area contributed by atoms with E-state index in [1.807, 2.05) is 0 Å². The van der Waals surface area contributed by atoms with Crippen molar-refractivity contribution in [3.63, 3.8) is 0 Å². The molecule has 0 aliphatic heterocycles. The van der Waals surface area contributed by atoms with Crippen LogP contribution in [0.3, 0.4) is 0 Å². The van der Waals surface area contributed by atoms with Gasteiger partial charge in [-0.05, 0) is 18.8 Å². The summed E-state index contributed by atoms with van der Waals surface area (Å²) in [6.07, 6.45) is 5.01. The standard InChI is InChI=1S/C7H12O2.Na/c8-7(9)6-4-2-1-3-5-6;/h6H,1-5H2,(H,8,9);/q;+1/p-1. The van der Waals surface area contributed by atoms with Gasteiger partial charge in [0.15, 0.2) is 0 Å². The molecule has 1 fully saturated rings. The molecule has 1 rings (SSSR count). The second-order valence-corrected chi connectivity index (χ2v) is 2.65. The summed E-state index contributed by atoms with van der Waals surface area (Å²) in [5, 5.41) is 10.2. The molecular formula is C7H11NaO2. The molecule has 2 nitrogen and oxygen atoms in total. The van der Waals surface area contributed by atoms with Crippen molar-refractivity contribution in [3.05, 3.63) is 0 Å². The van der Waals surface area contributed by atoms with E-state index in [-0.39, 0.29) is 35.5 Å². The van der Waals surface area contributed by atoms with Gasteiger partial charge in [-0.3, -0.25) is 0 Å². The molecule has 0 N–H and O–H groups in total. The number of carboxylic acids is 1. The molecule has 0 saturated heterocycles. The minimum absolute atomic E-state index is 0. The summed E-state index contributed by atoms with van der Waals surface area (Å²) in [5.41, 5.74) is 0. The first kappa shape index (κ1) is 10.5. The first-order chi connectivity index (χ1) is 4.30. The average molecular weight is 150 g/mol. The van der Waals surface area contributed by atoms with E-state index in [2.05, 4.69) is 0 Å². The van der Waals surface area contributed by atoms with Crippen molar-refractivity contribution in [3.8, 4) is 0 Å². The van der Waals surface area contributed by atoms with Crippen molar-refractivity contribution >= 4 is 5.97 Å². The molecule has 1 saturated carbocycles. The zero-order valence-electron chi connectivity index (χ0n) is 6.43. The van der Waals surface area contributed by atoms with E-state index in [1.165, 1.54) is 6.42 Å². The topological polar surface area (TPSA) is 40.1 Å². The van der Waals surface area contributed by atoms with Gasteiger partial charge in [0, 0.05) is 5.97 Å². The van der Waals surface area contributed by atoms with Crippen LogP contribution in [0.15, 0.2) is 0 Å². The number of carbonyl (C=O) groups is 1. The first-order valence-corrected chi connectivity index (χ1v) is 3.51. The minimum atomic E-state index is -0.852. The molecule has 0 heterocycles. The third kappa shape index (κ3) is 3.04. The van der Waals surface area contributed by atoms with E-state index in [0.717, 1.165) is 25.7 Å². The van der Waals surface area contributed by atoms with Crippen LogP contribution in [-0.2, 0) is 4.79 Å². The summed E-state index contributed by atoms with van der Waals surface area (Å²) < 4.78 is 0. The predicted molar refractivity (Wildman–Crippen MR) is 31.6 cm³/mol. The average Bonchev–Trinajstić information content (AvgIpc) is 1.90. The molecule has 0 amide bonds. The fraction of sp³-hybridized carbons (Fsp3) is 0.857. The van der Waals surface area contributed by atoms with Gasteiger partial charge in [-0.25, -0.2) is 0 Å². The Labute approximate surface area is 83.3 Å².